The average molecular weight is 1180 g/mol. The van der Waals surface area contributed by atoms with E-state index in [0.717, 1.165) is 40.1 Å². The van der Waals surface area contributed by atoms with E-state index in [0.29, 0.717) is 50.2 Å². The van der Waals surface area contributed by atoms with Crippen LogP contribution in [0.25, 0.3) is 0 Å². The summed E-state index contributed by atoms with van der Waals surface area (Å²) in [6.07, 6.45) is 14.1. The molecule has 85 heavy (non-hydrogen) atoms. The number of nitrogens with zero attached hydrogens (tertiary/aromatic N) is 4. The lowest BCUT2D eigenvalue weighted by Gasteiger charge is -2.26. The van der Waals surface area contributed by atoms with Crippen LogP contribution in [-0.2, 0) is 66.9 Å². The number of carbonyl (C=O) groups excluding carboxylic acids is 1. The molecule has 0 aromatic heterocycles. The maximum Gasteiger partial charge on any atom is 0.370 e. The molecule has 0 unspecified atom stereocenters. The molecule has 4 aliphatic rings. The summed E-state index contributed by atoms with van der Waals surface area (Å²) >= 11 is 0.758. The summed E-state index contributed by atoms with van der Waals surface area (Å²) < 4.78 is 42.7. The SMILES string of the molecule is C=C=C=C=C(C(=O)O)N1/C(=C/C=C/C=C/C2=[N+](C(=C=C=C=C)C(=O)NCc3ccc4c(c3)C(C)(C)/C(=C\C=C\C3=[N+](CC(=O)O)c5ccccc5C3(C)C)N4CC(=O)O)c3ccc(SOOO)cc3C2(C)C)C(C)(C)c2cc(S(=O)(=O)O)ccc21. The van der Waals surface area contributed by atoms with Gasteiger partial charge in [-0.05, 0) is 123 Å². The molecular formula is C65H61N5O13S2+2. The van der Waals surface area contributed by atoms with Crippen molar-refractivity contribution in [3.05, 3.63) is 226 Å². The summed E-state index contributed by atoms with van der Waals surface area (Å²) in [4.78, 5) is 55.4. The molecule has 0 aliphatic carbocycles. The molecule has 0 saturated heterocycles. The van der Waals surface area contributed by atoms with E-state index in [1.807, 2.05) is 108 Å². The number of aliphatic carboxylic acids is 3. The van der Waals surface area contributed by atoms with E-state index in [4.69, 9.17) is 9.59 Å². The van der Waals surface area contributed by atoms with Crippen molar-refractivity contribution in [1.29, 1.82) is 0 Å². The topological polar surface area (TPSA) is 247 Å². The molecule has 4 heterocycles. The number of hydrogen-bond donors (Lipinski definition) is 6. The number of nitrogens with one attached hydrogen (secondary N) is 1. The number of hydrogen-bond acceptors (Lipinski definition) is 12. The van der Waals surface area contributed by atoms with Gasteiger partial charge in [0.1, 0.15) is 6.54 Å². The van der Waals surface area contributed by atoms with Gasteiger partial charge in [0.15, 0.2) is 17.1 Å². The van der Waals surface area contributed by atoms with E-state index >= 15 is 0 Å². The molecule has 4 aromatic carbocycles. The Bertz CT molecular complexity index is 4170. The van der Waals surface area contributed by atoms with Gasteiger partial charge in [-0.3, -0.25) is 19.0 Å². The Morgan fingerprint density at radius 2 is 1.34 bits per heavy atom. The molecular weight excluding hydrogens is 1120 g/mol. The Morgan fingerprint density at radius 3 is 2.01 bits per heavy atom. The summed E-state index contributed by atoms with van der Waals surface area (Å²) in [6, 6.07) is 22.4. The third-order valence-corrected chi connectivity index (χ3v) is 16.8. The van der Waals surface area contributed by atoms with E-state index in [9.17, 15) is 47.5 Å². The quantitative estimate of drug-likeness (QED) is 0.00747. The third kappa shape index (κ3) is 12.0. The van der Waals surface area contributed by atoms with Crippen LogP contribution in [0.5, 0.6) is 0 Å². The van der Waals surface area contributed by atoms with Crippen molar-refractivity contribution in [3.8, 4) is 0 Å². The molecule has 6 N–H and O–H groups in total. The molecule has 0 saturated carbocycles. The zero-order chi connectivity index (χ0) is 62.0. The van der Waals surface area contributed by atoms with Gasteiger partial charge >= 0.3 is 29.5 Å². The standard InChI is InChI=1S/C65H59N5O13S2/c1-11-13-22-52(60(75)66-38-41-29-32-49-45(35-41)63(5,6)55(68(49)40-59(73)74)28-20-27-54-62(3,4)44-21-18-19-24-48(44)67(54)39-58(71)72)69-50-33-30-42(84-83-82-78)36-46(50)64(7,8)56(69)25-16-15-17-26-57-65(9,10)47-37-43(85(79,80)81)31-34-51(47)70(57)53(61(76)77)23-14-12-2/h15-21,24-37H,1-2,38-40H2,3-10H3,(H4-2,66,71,72,73,74,75,76,77,78,79,80,81)/p+2. The smallest absolute Gasteiger partial charge is 0.370 e. The van der Waals surface area contributed by atoms with Gasteiger partial charge in [-0.25, -0.2) is 14.8 Å². The number of fused-ring (bicyclic) bond motifs is 4. The summed E-state index contributed by atoms with van der Waals surface area (Å²) in [5, 5.41) is 46.4. The zero-order valence-electron chi connectivity index (χ0n) is 47.8. The highest BCUT2D eigenvalue weighted by molar-refractivity contribution is 7.94. The Hall–Kier alpha value is -9.30. The Kier molecular flexibility index (Phi) is 17.5. The van der Waals surface area contributed by atoms with E-state index in [1.165, 1.54) is 23.1 Å². The Morgan fingerprint density at radius 1 is 0.694 bits per heavy atom. The van der Waals surface area contributed by atoms with Gasteiger partial charge in [0.05, 0.1) is 33.5 Å². The van der Waals surface area contributed by atoms with Crippen LogP contribution >= 0.6 is 12.0 Å². The molecule has 4 aromatic rings. The fourth-order valence-corrected chi connectivity index (χ4v) is 12.3. The van der Waals surface area contributed by atoms with E-state index < -0.39 is 55.6 Å². The number of carboxylic acids is 3. The van der Waals surface area contributed by atoms with E-state index in [1.54, 1.807) is 70.4 Å². The normalized spacial score (nSPS) is 17.5. The molecule has 18 nitrogen and oxygen atoms in total. The van der Waals surface area contributed by atoms with Crippen LogP contribution in [0.2, 0.25) is 0 Å². The molecule has 0 bridgehead atoms. The second-order valence-electron chi connectivity index (χ2n) is 22.1. The largest absolute Gasteiger partial charge is 0.480 e. The molecule has 0 spiro atoms. The van der Waals surface area contributed by atoms with Crippen molar-refractivity contribution in [3.63, 3.8) is 0 Å². The van der Waals surface area contributed by atoms with Crippen molar-refractivity contribution in [2.75, 3.05) is 22.9 Å². The summed E-state index contributed by atoms with van der Waals surface area (Å²) in [5.74, 6) is -3.98. The van der Waals surface area contributed by atoms with E-state index in [2.05, 4.69) is 57.9 Å². The van der Waals surface area contributed by atoms with Crippen molar-refractivity contribution in [1.82, 2.24) is 5.32 Å². The Balaban J connectivity index is 1.15. The predicted octanol–water partition coefficient (Wildman–Crippen LogP) is 10.7. The van der Waals surface area contributed by atoms with Crippen LogP contribution in [0.1, 0.15) is 83.2 Å². The second-order valence-corrected chi connectivity index (χ2v) is 24.3. The molecule has 0 atom stereocenters. The van der Waals surface area contributed by atoms with Gasteiger partial charge in [0.25, 0.3) is 10.1 Å². The molecule has 4 aliphatic heterocycles. The lowest BCUT2D eigenvalue weighted by molar-refractivity contribution is -0.432. The number of rotatable bonds is 19. The molecule has 0 radical (unpaired) electrons. The third-order valence-electron chi connectivity index (χ3n) is 15.4. The monoisotopic (exact) mass is 1180 g/mol. The van der Waals surface area contributed by atoms with Gasteiger partial charge in [0, 0.05) is 80.5 Å². The Labute approximate surface area is 496 Å². The van der Waals surface area contributed by atoms with Crippen LogP contribution in [0.4, 0.5) is 22.7 Å². The first-order chi connectivity index (χ1) is 40.1. The predicted molar refractivity (Wildman–Crippen MR) is 321 cm³/mol. The second kappa shape index (κ2) is 24.1. The van der Waals surface area contributed by atoms with Gasteiger partial charge in [-0.2, -0.15) is 13.0 Å². The molecule has 434 valence electrons. The number of carboxylic acid groups (broad SMARTS) is 3. The van der Waals surface area contributed by atoms with Crippen molar-refractivity contribution in [2.45, 2.75) is 93.4 Å². The first-order valence-electron chi connectivity index (χ1n) is 26.4. The lowest BCUT2D eigenvalue weighted by Crippen LogP contribution is -2.32. The van der Waals surface area contributed by atoms with Gasteiger partial charge < -0.3 is 25.5 Å². The lowest BCUT2D eigenvalue weighted by atomic mass is 9.81. The number of anilines is 2. The fourth-order valence-electron chi connectivity index (χ4n) is 11.4. The van der Waals surface area contributed by atoms with Gasteiger partial charge in [-0.15, -0.1) is 8.91 Å². The number of carbonyl (C=O) groups is 4. The van der Waals surface area contributed by atoms with E-state index in [-0.39, 0.29) is 35.9 Å². The zero-order valence-corrected chi connectivity index (χ0v) is 49.4. The number of amides is 1. The number of allylic oxidation sites excluding steroid dienone is 10. The van der Waals surface area contributed by atoms with Gasteiger partial charge in [0.2, 0.25) is 17.9 Å². The first kappa shape index (κ1) is 61.8. The van der Waals surface area contributed by atoms with Crippen LogP contribution in [0, 0.1) is 0 Å². The highest BCUT2D eigenvalue weighted by Gasteiger charge is 2.49. The molecule has 8 rings (SSSR count). The minimum Gasteiger partial charge on any atom is -0.480 e. The first-order valence-corrected chi connectivity index (χ1v) is 28.5. The fraction of sp³-hybridized carbons (Fsp3) is 0.231. The minimum absolute atomic E-state index is 0.00325. The number of para-hydroxylation sites is 1. The maximum absolute atomic E-state index is 14.8. The minimum atomic E-state index is -4.63. The average Bonchev–Trinajstić information content (AvgIpc) is 1.75. The summed E-state index contributed by atoms with van der Waals surface area (Å²) in [5.41, 5.74) is 20.6. The molecule has 1 amide bonds. The van der Waals surface area contributed by atoms with Crippen LogP contribution in [0.15, 0.2) is 208 Å². The number of benzene rings is 4. The van der Waals surface area contributed by atoms with Crippen LogP contribution in [0.3, 0.4) is 0 Å². The molecule has 0 fully saturated rings. The van der Waals surface area contributed by atoms with Crippen molar-refractivity contribution < 1.29 is 71.2 Å². The summed E-state index contributed by atoms with van der Waals surface area (Å²) in [6.45, 7) is 22.0. The maximum atomic E-state index is 14.8. The molecule has 20 heteroatoms. The van der Waals surface area contributed by atoms with Crippen LogP contribution < -0.4 is 15.1 Å². The highest BCUT2D eigenvalue weighted by atomic mass is 32.2. The van der Waals surface area contributed by atoms with Crippen molar-refractivity contribution in [2.24, 2.45) is 0 Å². The van der Waals surface area contributed by atoms with Crippen LogP contribution in [-0.4, -0.2) is 91.0 Å². The van der Waals surface area contributed by atoms with Crippen molar-refractivity contribution >= 4 is 80.1 Å². The van der Waals surface area contributed by atoms with Gasteiger partial charge in [-0.1, -0.05) is 98.8 Å². The highest BCUT2D eigenvalue weighted by Crippen LogP contribution is 2.51. The summed E-state index contributed by atoms with van der Waals surface area (Å²) in [7, 11) is -4.63.